The van der Waals surface area contributed by atoms with Crippen molar-refractivity contribution in [2.75, 3.05) is 13.1 Å². The highest BCUT2D eigenvalue weighted by Gasteiger charge is 2.33. The lowest BCUT2D eigenvalue weighted by Gasteiger charge is -2.39. The van der Waals surface area contributed by atoms with Gasteiger partial charge in [-0.25, -0.2) is 4.68 Å². The van der Waals surface area contributed by atoms with Crippen molar-refractivity contribution >= 4 is 17.5 Å². The maximum atomic E-state index is 12.5. The molecular formula is C18H15ClN4O. The highest BCUT2D eigenvalue weighted by Crippen LogP contribution is 2.28. The Morgan fingerprint density at radius 3 is 2.46 bits per heavy atom. The molecule has 0 spiro atoms. The molecule has 0 unspecified atom stereocenters. The summed E-state index contributed by atoms with van der Waals surface area (Å²) in [4.78, 5) is 18.3. The summed E-state index contributed by atoms with van der Waals surface area (Å²) in [7, 11) is 0. The van der Waals surface area contributed by atoms with E-state index >= 15 is 0 Å². The van der Waals surface area contributed by atoms with Crippen molar-refractivity contribution in [3.63, 3.8) is 0 Å². The van der Waals surface area contributed by atoms with Gasteiger partial charge in [0.2, 0.25) is 0 Å². The van der Waals surface area contributed by atoms with Crippen LogP contribution in [0, 0.1) is 0 Å². The van der Waals surface area contributed by atoms with Gasteiger partial charge < -0.3 is 4.90 Å². The van der Waals surface area contributed by atoms with E-state index < -0.39 is 0 Å². The van der Waals surface area contributed by atoms with Crippen LogP contribution in [0.15, 0.2) is 61.1 Å². The Kier molecular flexibility index (Phi) is 3.78. The molecule has 3 heterocycles. The molecule has 0 atom stereocenters. The van der Waals surface area contributed by atoms with E-state index in [0.717, 1.165) is 10.7 Å². The summed E-state index contributed by atoms with van der Waals surface area (Å²) >= 11 is 5.91. The number of carbonyl (C=O) groups excluding carboxylic acids is 1. The van der Waals surface area contributed by atoms with Gasteiger partial charge in [0.05, 0.1) is 5.69 Å². The molecule has 120 valence electrons. The van der Waals surface area contributed by atoms with Crippen molar-refractivity contribution < 1.29 is 4.79 Å². The lowest BCUT2D eigenvalue weighted by atomic mass is 9.91. The minimum absolute atomic E-state index is 0.0342. The lowest BCUT2D eigenvalue weighted by Crippen LogP contribution is -2.48. The topological polar surface area (TPSA) is 51.0 Å². The highest BCUT2D eigenvalue weighted by molar-refractivity contribution is 6.30. The van der Waals surface area contributed by atoms with Gasteiger partial charge in [0.15, 0.2) is 5.69 Å². The van der Waals surface area contributed by atoms with Gasteiger partial charge in [0.25, 0.3) is 5.91 Å². The zero-order chi connectivity index (χ0) is 16.5. The first-order valence-corrected chi connectivity index (χ1v) is 8.09. The molecule has 1 aliphatic rings. The third kappa shape index (κ3) is 2.78. The van der Waals surface area contributed by atoms with Gasteiger partial charge in [-0.15, -0.1) is 0 Å². The molecule has 3 aromatic rings. The second-order valence-corrected chi connectivity index (χ2v) is 6.25. The number of nitrogens with zero attached hydrogens (tertiary/aromatic N) is 4. The fourth-order valence-electron chi connectivity index (χ4n) is 2.83. The van der Waals surface area contributed by atoms with Crippen molar-refractivity contribution in [1.29, 1.82) is 0 Å². The zero-order valence-corrected chi connectivity index (χ0v) is 13.6. The number of hydrogen-bond donors (Lipinski definition) is 0. The molecule has 1 aliphatic heterocycles. The van der Waals surface area contributed by atoms with Crippen molar-refractivity contribution in [2.45, 2.75) is 5.92 Å². The fraction of sp³-hybridized carbons (Fsp3) is 0.167. The fourth-order valence-corrected chi connectivity index (χ4v) is 2.96. The molecule has 4 rings (SSSR count). The van der Waals surface area contributed by atoms with E-state index in [2.05, 4.69) is 10.1 Å². The number of likely N-dealkylation sites (tertiary alicyclic amines) is 1. The average molecular weight is 339 g/mol. The van der Waals surface area contributed by atoms with Crippen LogP contribution in [0.2, 0.25) is 5.02 Å². The Labute approximate surface area is 144 Å². The van der Waals surface area contributed by atoms with Crippen LogP contribution in [-0.4, -0.2) is 38.7 Å². The molecule has 0 N–H and O–H groups in total. The van der Waals surface area contributed by atoms with Gasteiger partial charge in [-0.1, -0.05) is 23.7 Å². The largest absolute Gasteiger partial charge is 0.336 e. The molecule has 0 saturated carbocycles. The highest BCUT2D eigenvalue weighted by atomic mass is 35.5. The summed E-state index contributed by atoms with van der Waals surface area (Å²) in [6.07, 6.45) is 5.19. The molecule has 0 radical (unpaired) electrons. The van der Waals surface area contributed by atoms with Crippen LogP contribution in [0.4, 0.5) is 0 Å². The summed E-state index contributed by atoms with van der Waals surface area (Å²) < 4.78 is 1.69. The standard InChI is InChI=1S/C18H15ClN4O/c19-15-3-1-13(2-4-15)14-11-22(12-14)18(24)17-7-10-23(21-17)16-5-8-20-9-6-16/h1-10,14H,11-12H2. The Morgan fingerprint density at radius 2 is 1.75 bits per heavy atom. The molecule has 2 aromatic heterocycles. The first kappa shape index (κ1) is 14.9. The summed E-state index contributed by atoms with van der Waals surface area (Å²) in [6, 6.07) is 13.3. The lowest BCUT2D eigenvalue weighted by molar-refractivity contribution is 0.0595. The molecule has 24 heavy (non-hydrogen) atoms. The van der Waals surface area contributed by atoms with Gasteiger partial charge >= 0.3 is 0 Å². The second-order valence-electron chi connectivity index (χ2n) is 5.81. The molecule has 0 aliphatic carbocycles. The van der Waals surface area contributed by atoms with Crippen molar-refractivity contribution in [3.05, 3.63) is 77.3 Å². The second kappa shape index (κ2) is 6.09. The van der Waals surface area contributed by atoms with E-state index in [9.17, 15) is 4.79 Å². The van der Waals surface area contributed by atoms with Crippen molar-refractivity contribution in [2.24, 2.45) is 0 Å². The molecule has 6 heteroatoms. The van der Waals surface area contributed by atoms with Crippen LogP contribution < -0.4 is 0 Å². The van der Waals surface area contributed by atoms with E-state index in [4.69, 9.17) is 11.6 Å². The van der Waals surface area contributed by atoms with Crippen LogP contribution in [-0.2, 0) is 0 Å². The predicted octanol–water partition coefficient (Wildman–Crippen LogP) is 3.16. The van der Waals surface area contributed by atoms with Gasteiger partial charge in [-0.3, -0.25) is 9.78 Å². The molecule has 1 amide bonds. The van der Waals surface area contributed by atoms with Crippen LogP contribution in [0.5, 0.6) is 0 Å². The minimum atomic E-state index is -0.0342. The van der Waals surface area contributed by atoms with E-state index in [1.165, 1.54) is 5.56 Å². The number of benzene rings is 1. The SMILES string of the molecule is O=C(c1ccn(-c2ccncc2)n1)N1CC(c2ccc(Cl)cc2)C1. The van der Waals surface area contributed by atoms with E-state index in [1.54, 1.807) is 29.3 Å². The van der Waals surface area contributed by atoms with Crippen LogP contribution in [0.1, 0.15) is 22.0 Å². The van der Waals surface area contributed by atoms with Gasteiger partial charge in [-0.05, 0) is 35.9 Å². The van der Waals surface area contributed by atoms with E-state index in [1.807, 2.05) is 41.3 Å². The average Bonchev–Trinajstić information content (AvgIpc) is 3.06. The number of pyridine rings is 1. The zero-order valence-electron chi connectivity index (χ0n) is 12.8. The molecule has 1 saturated heterocycles. The maximum absolute atomic E-state index is 12.5. The van der Waals surface area contributed by atoms with E-state index in [-0.39, 0.29) is 5.91 Å². The number of halogens is 1. The molecule has 0 bridgehead atoms. The molecule has 5 nitrogen and oxygen atoms in total. The number of carbonyl (C=O) groups is 1. The van der Waals surface area contributed by atoms with Gasteiger partial charge in [0, 0.05) is 42.6 Å². The third-order valence-electron chi connectivity index (χ3n) is 4.25. The van der Waals surface area contributed by atoms with Crippen LogP contribution >= 0.6 is 11.6 Å². The molecular weight excluding hydrogens is 324 g/mol. The van der Waals surface area contributed by atoms with Gasteiger partial charge in [0.1, 0.15) is 0 Å². The Morgan fingerprint density at radius 1 is 1.04 bits per heavy atom. The Hall–Kier alpha value is -2.66. The predicted molar refractivity (Wildman–Crippen MR) is 91.5 cm³/mol. The first-order valence-electron chi connectivity index (χ1n) is 7.71. The number of amides is 1. The normalized spacial score (nSPS) is 14.5. The quantitative estimate of drug-likeness (QED) is 0.737. The Balaban J connectivity index is 1.43. The van der Waals surface area contributed by atoms with E-state index in [0.29, 0.717) is 24.7 Å². The first-order chi connectivity index (χ1) is 11.7. The number of rotatable bonds is 3. The molecule has 1 aromatic carbocycles. The van der Waals surface area contributed by atoms with Gasteiger partial charge in [-0.2, -0.15) is 5.10 Å². The summed E-state index contributed by atoms with van der Waals surface area (Å²) in [5.74, 6) is 0.335. The third-order valence-corrected chi connectivity index (χ3v) is 4.50. The monoisotopic (exact) mass is 338 g/mol. The van der Waals surface area contributed by atoms with Crippen LogP contribution in [0.25, 0.3) is 5.69 Å². The maximum Gasteiger partial charge on any atom is 0.274 e. The smallest absolute Gasteiger partial charge is 0.274 e. The molecule has 1 fully saturated rings. The summed E-state index contributed by atoms with van der Waals surface area (Å²) in [5.41, 5.74) is 2.55. The minimum Gasteiger partial charge on any atom is -0.336 e. The van der Waals surface area contributed by atoms with Crippen LogP contribution in [0.3, 0.4) is 0 Å². The Bertz CT molecular complexity index is 854. The summed E-state index contributed by atoms with van der Waals surface area (Å²) in [6.45, 7) is 1.42. The summed E-state index contributed by atoms with van der Waals surface area (Å²) in [5, 5.41) is 5.10. The van der Waals surface area contributed by atoms with Crippen molar-refractivity contribution in [1.82, 2.24) is 19.7 Å². The number of aromatic nitrogens is 3. The van der Waals surface area contributed by atoms with Crippen molar-refractivity contribution in [3.8, 4) is 5.69 Å². The number of hydrogen-bond acceptors (Lipinski definition) is 3.